The van der Waals surface area contributed by atoms with Crippen LogP contribution in [0.3, 0.4) is 0 Å². The molecule has 0 saturated heterocycles. The number of rotatable bonds is 5. The van der Waals surface area contributed by atoms with Crippen molar-refractivity contribution in [1.82, 2.24) is 5.32 Å². The third-order valence-corrected chi connectivity index (χ3v) is 6.84. The Kier molecular flexibility index (Phi) is 4.58. The van der Waals surface area contributed by atoms with Gasteiger partial charge in [0.1, 0.15) is 5.58 Å². The second-order valence-electron chi connectivity index (χ2n) is 8.99. The molecule has 0 aliphatic heterocycles. The van der Waals surface area contributed by atoms with E-state index in [1.807, 2.05) is 0 Å². The van der Waals surface area contributed by atoms with Gasteiger partial charge in [0.15, 0.2) is 0 Å². The highest BCUT2D eigenvalue weighted by molar-refractivity contribution is 5.88. The van der Waals surface area contributed by atoms with Gasteiger partial charge in [-0.3, -0.25) is 4.79 Å². The monoisotopic (exact) mass is 353 g/mol. The molecule has 1 aromatic carbocycles. The minimum absolute atomic E-state index is 0.120. The highest BCUT2D eigenvalue weighted by Crippen LogP contribution is 2.49. The van der Waals surface area contributed by atoms with Gasteiger partial charge < -0.3 is 9.73 Å². The van der Waals surface area contributed by atoms with Crippen LogP contribution in [0.5, 0.6) is 0 Å². The lowest BCUT2D eigenvalue weighted by atomic mass is 9.84. The molecule has 1 heterocycles. The lowest BCUT2D eigenvalue weighted by molar-refractivity contribution is -0.121. The molecule has 2 aliphatic rings. The number of benzene rings is 1. The third kappa shape index (κ3) is 3.17. The lowest BCUT2D eigenvalue weighted by Gasteiger charge is -2.28. The summed E-state index contributed by atoms with van der Waals surface area (Å²) in [4.78, 5) is 12.7. The molecule has 140 valence electrons. The van der Waals surface area contributed by atoms with E-state index in [4.69, 9.17) is 4.42 Å². The summed E-state index contributed by atoms with van der Waals surface area (Å²) in [5.41, 5.74) is 4.47. The van der Waals surface area contributed by atoms with Gasteiger partial charge in [0.05, 0.1) is 12.7 Å². The van der Waals surface area contributed by atoms with E-state index >= 15 is 0 Å². The molecule has 1 aromatic heterocycles. The number of furan rings is 1. The summed E-state index contributed by atoms with van der Waals surface area (Å²) in [5.74, 6) is 3.01. The van der Waals surface area contributed by atoms with E-state index < -0.39 is 0 Å². The zero-order valence-corrected chi connectivity index (χ0v) is 16.5. The summed E-state index contributed by atoms with van der Waals surface area (Å²) < 4.78 is 5.73. The van der Waals surface area contributed by atoms with Gasteiger partial charge in [-0.25, -0.2) is 0 Å². The molecule has 2 saturated carbocycles. The predicted molar refractivity (Wildman–Crippen MR) is 105 cm³/mol. The molecule has 3 heteroatoms. The summed E-state index contributed by atoms with van der Waals surface area (Å²) in [7, 11) is 0. The maximum Gasteiger partial charge on any atom is 0.224 e. The van der Waals surface area contributed by atoms with Crippen LogP contribution in [-0.2, 0) is 11.2 Å². The van der Waals surface area contributed by atoms with E-state index in [-0.39, 0.29) is 11.9 Å². The predicted octanol–water partition coefficient (Wildman–Crippen LogP) is 5.35. The van der Waals surface area contributed by atoms with Crippen LogP contribution in [0.15, 0.2) is 22.8 Å². The van der Waals surface area contributed by atoms with Crippen LogP contribution in [0.1, 0.15) is 69.1 Å². The Morgan fingerprint density at radius 2 is 2.04 bits per heavy atom. The highest BCUT2D eigenvalue weighted by atomic mass is 16.3. The number of fused-ring (bicyclic) bond motifs is 3. The number of carbonyl (C=O) groups is 1. The fourth-order valence-corrected chi connectivity index (χ4v) is 5.49. The summed E-state index contributed by atoms with van der Waals surface area (Å²) in [6.45, 7) is 8.73. The van der Waals surface area contributed by atoms with Crippen LogP contribution in [0, 0.1) is 24.7 Å². The number of carbonyl (C=O) groups excluding carboxylic acids is 1. The highest BCUT2D eigenvalue weighted by Gasteiger charge is 2.42. The van der Waals surface area contributed by atoms with Gasteiger partial charge in [-0.2, -0.15) is 0 Å². The molecule has 2 bridgehead atoms. The standard InChI is InChI=1S/C23H31NO2/c1-13(2)19-11-21-18(12-26-22(21)7-14(19)3)10-23(25)24-15(4)20-9-16-5-6-17(20)8-16/h7,11-13,15-17,20H,5-6,8-10H2,1-4H3,(H,24,25)/t15-,16+,17+,20+/m1/s1. The third-order valence-electron chi connectivity index (χ3n) is 6.84. The van der Waals surface area contributed by atoms with Crippen molar-refractivity contribution in [3.05, 3.63) is 35.1 Å². The first-order chi connectivity index (χ1) is 12.4. The van der Waals surface area contributed by atoms with E-state index in [9.17, 15) is 4.79 Å². The first-order valence-electron chi connectivity index (χ1n) is 10.2. The van der Waals surface area contributed by atoms with Crippen LogP contribution < -0.4 is 5.32 Å². The number of hydrogen-bond acceptors (Lipinski definition) is 2. The zero-order chi connectivity index (χ0) is 18.4. The minimum Gasteiger partial charge on any atom is -0.464 e. The molecule has 4 rings (SSSR count). The number of hydrogen-bond donors (Lipinski definition) is 1. The first-order valence-corrected chi connectivity index (χ1v) is 10.2. The quantitative estimate of drug-likeness (QED) is 0.787. The van der Waals surface area contributed by atoms with Crippen molar-refractivity contribution < 1.29 is 9.21 Å². The molecule has 2 aliphatic carbocycles. The summed E-state index contributed by atoms with van der Waals surface area (Å²) in [6, 6.07) is 4.59. The maximum absolute atomic E-state index is 12.7. The Labute approximate surface area is 156 Å². The molecule has 0 spiro atoms. The summed E-state index contributed by atoms with van der Waals surface area (Å²) >= 11 is 0. The van der Waals surface area contributed by atoms with Crippen molar-refractivity contribution in [2.24, 2.45) is 17.8 Å². The molecule has 2 aromatic rings. The van der Waals surface area contributed by atoms with Gasteiger partial charge in [-0.15, -0.1) is 0 Å². The summed E-state index contributed by atoms with van der Waals surface area (Å²) in [5, 5.41) is 4.36. The van der Waals surface area contributed by atoms with Gasteiger partial charge >= 0.3 is 0 Å². The first kappa shape index (κ1) is 17.6. The van der Waals surface area contributed by atoms with E-state index in [0.717, 1.165) is 28.4 Å². The molecular weight excluding hydrogens is 322 g/mol. The van der Waals surface area contributed by atoms with Crippen molar-refractivity contribution >= 4 is 16.9 Å². The molecule has 26 heavy (non-hydrogen) atoms. The van der Waals surface area contributed by atoms with E-state index in [0.29, 0.717) is 18.3 Å². The zero-order valence-electron chi connectivity index (χ0n) is 16.5. The molecule has 2 fully saturated rings. The Morgan fingerprint density at radius 1 is 1.23 bits per heavy atom. The maximum atomic E-state index is 12.7. The molecule has 3 nitrogen and oxygen atoms in total. The van der Waals surface area contributed by atoms with Gasteiger partial charge in [-0.1, -0.05) is 20.3 Å². The molecule has 1 amide bonds. The van der Waals surface area contributed by atoms with Crippen molar-refractivity contribution in [3.8, 4) is 0 Å². The second kappa shape index (κ2) is 6.75. The number of amides is 1. The number of nitrogens with one attached hydrogen (secondary N) is 1. The molecule has 1 N–H and O–H groups in total. The SMILES string of the molecule is Cc1cc2occ(CC(=O)N[C@H](C)[C@@H]3C[C@H]4CC[C@H]3C4)c2cc1C(C)C. The van der Waals surface area contributed by atoms with E-state index in [2.05, 4.69) is 45.1 Å². The van der Waals surface area contributed by atoms with Crippen LogP contribution in [-0.4, -0.2) is 11.9 Å². The largest absolute Gasteiger partial charge is 0.464 e. The fraction of sp³-hybridized carbons (Fsp3) is 0.609. The van der Waals surface area contributed by atoms with Gasteiger partial charge in [-0.05, 0) is 80.0 Å². The van der Waals surface area contributed by atoms with Crippen molar-refractivity contribution in [2.45, 2.75) is 71.8 Å². The Morgan fingerprint density at radius 3 is 2.69 bits per heavy atom. The van der Waals surface area contributed by atoms with E-state index in [1.54, 1.807) is 6.26 Å². The van der Waals surface area contributed by atoms with Crippen molar-refractivity contribution in [3.63, 3.8) is 0 Å². The van der Waals surface area contributed by atoms with Crippen LogP contribution in [0.2, 0.25) is 0 Å². The second-order valence-corrected chi connectivity index (χ2v) is 8.99. The lowest BCUT2D eigenvalue weighted by Crippen LogP contribution is -2.40. The van der Waals surface area contributed by atoms with Crippen molar-refractivity contribution in [1.29, 1.82) is 0 Å². The number of aryl methyl sites for hydroxylation is 1. The van der Waals surface area contributed by atoms with Crippen LogP contribution in [0.4, 0.5) is 0 Å². The fourth-order valence-electron chi connectivity index (χ4n) is 5.49. The van der Waals surface area contributed by atoms with Gasteiger partial charge in [0.2, 0.25) is 5.91 Å². The Bertz CT molecular complexity index is 819. The minimum atomic E-state index is 0.120. The molecule has 0 unspecified atom stereocenters. The average Bonchev–Trinajstić information content (AvgIpc) is 3.29. The van der Waals surface area contributed by atoms with E-state index in [1.165, 1.54) is 36.8 Å². The Hall–Kier alpha value is -1.77. The topological polar surface area (TPSA) is 42.2 Å². The molecular formula is C23H31NO2. The molecule has 4 atom stereocenters. The average molecular weight is 354 g/mol. The Balaban J connectivity index is 1.46. The van der Waals surface area contributed by atoms with Gasteiger partial charge in [0.25, 0.3) is 0 Å². The van der Waals surface area contributed by atoms with Crippen LogP contribution >= 0.6 is 0 Å². The summed E-state index contributed by atoms with van der Waals surface area (Å²) in [6.07, 6.45) is 7.61. The van der Waals surface area contributed by atoms with Crippen molar-refractivity contribution in [2.75, 3.05) is 0 Å². The van der Waals surface area contributed by atoms with Crippen LogP contribution in [0.25, 0.3) is 11.0 Å². The van der Waals surface area contributed by atoms with Gasteiger partial charge in [0, 0.05) is 17.0 Å². The molecule has 0 radical (unpaired) electrons. The smallest absolute Gasteiger partial charge is 0.224 e. The normalized spacial score (nSPS) is 26.0.